The summed E-state index contributed by atoms with van der Waals surface area (Å²) in [5, 5.41) is 7.64. The fraction of sp³-hybridized carbons (Fsp3) is 0.542. The van der Waals surface area contributed by atoms with Crippen molar-refractivity contribution >= 4 is 11.8 Å². The second-order valence-corrected chi connectivity index (χ2v) is 8.72. The van der Waals surface area contributed by atoms with E-state index in [0.717, 1.165) is 37.7 Å². The van der Waals surface area contributed by atoms with Crippen molar-refractivity contribution in [3.8, 4) is 0 Å². The van der Waals surface area contributed by atoms with Gasteiger partial charge in [0.05, 0.1) is 0 Å². The fourth-order valence-electron chi connectivity index (χ4n) is 4.47. The maximum atomic E-state index is 13.2. The number of aromatic nitrogens is 2. The Labute approximate surface area is 178 Å². The maximum Gasteiger partial charge on any atom is 0.272 e. The molecule has 1 aliphatic carbocycles. The van der Waals surface area contributed by atoms with Crippen LogP contribution in [0.2, 0.25) is 0 Å². The molecule has 2 aromatic rings. The monoisotopic (exact) mass is 408 g/mol. The summed E-state index contributed by atoms with van der Waals surface area (Å²) in [7, 11) is 0. The van der Waals surface area contributed by atoms with Gasteiger partial charge in [-0.05, 0) is 31.7 Å². The number of amides is 2. The van der Waals surface area contributed by atoms with Crippen molar-refractivity contribution in [2.75, 3.05) is 6.54 Å². The van der Waals surface area contributed by atoms with Gasteiger partial charge >= 0.3 is 0 Å². The quantitative estimate of drug-likeness (QED) is 0.829. The van der Waals surface area contributed by atoms with E-state index < -0.39 is 0 Å². The number of aryl methyl sites for hydroxylation is 2. The summed E-state index contributed by atoms with van der Waals surface area (Å²) < 4.78 is 1.71. The Morgan fingerprint density at radius 1 is 1.03 bits per heavy atom. The van der Waals surface area contributed by atoms with Gasteiger partial charge in [-0.15, -0.1) is 0 Å². The highest BCUT2D eigenvalue weighted by atomic mass is 16.2. The lowest BCUT2D eigenvalue weighted by Gasteiger charge is -2.20. The average molecular weight is 409 g/mol. The van der Waals surface area contributed by atoms with Crippen LogP contribution < -0.4 is 5.32 Å². The van der Waals surface area contributed by atoms with Crippen molar-refractivity contribution in [2.24, 2.45) is 0 Å². The molecule has 1 N–H and O–H groups in total. The van der Waals surface area contributed by atoms with E-state index >= 15 is 0 Å². The summed E-state index contributed by atoms with van der Waals surface area (Å²) in [5.41, 5.74) is 3.20. The van der Waals surface area contributed by atoms with Crippen molar-refractivity contribution < 1.29 is 9.59 Å². The molecule has 0 spiro atoms. The maximum absolute atomic E-state index is 13.2. The average Bonchev–Trinajstić information content (AvgIpc) is 3.09. The highest BCUT2D eigenvalue weighted by Gasteiger charge is 2.27. The van der Waals surface area contributed by atoms with Crippen LogP contribution in [-0.4, -0.2) is 39.1 Å². The minimum Gasteiger partial charge on any atom is -0.348 e. The minimum atomic E-state index is -0.154. The molecular formula is C24H32N4O2. The zero-order valence-electron chi connectivity index (χ0n) is 17.9. The largest absolute Gasteiger partial charge is 0.348 e. The minimum absolute atomic E-state index is 0.0504. The lowest BCUT2D eigenvalue weighted by molar-refractivity contribution is 0.0745. The van der Waals surface area contributed by atoms with E-state index in [4.69, 9.17) is 0 Å². The van der Waals surface area contributed by atoms with Gasteiger partial charge in [0.25, 0.3) is 11.8 Å². The Balaban J connectivity index is 1.45. The van der Waals surface area contributed by atoms with E-state index in [1.165, 1.54) is 24.8 Å². The SMILES string of the molecule is Cc1ccc(CN2CCCn3nc(C(=O)NC4CCCCCCC4)cc3C2=O)cc1. The number of fused-ring (bicyclic) bond motifs is 1. The predicted molar refractivity (Wildman–Crippen MR) is 116 cm³/mol. The van der Waals surface area contributed by atoms with Gasteiger partial charge < -0.3 is 10.2 Å². The number of carbonyl (C=O) groups excluding carboxylic acids is 2. The fourth-order valence-corrected chi connectivity index (χ4v) is 4.47. The lowest BCUT2D eigenvalue weighted by atomic mass is 9.96. The molecule has 6 heteroatoms. The zero-order chi connectivity index (χ0) is 20.9. The van der Waals surface area contributed by atoms with Crippen LogP contribution in [0.4, 0.5) is 0 Å². The molecule has 1 aromatic heterocycles. The normalized spacial score (nSPS) is 18.3. The van der Waals surface area contributed by atoms with E-state index in [2.05, 4.69) is 41.6 Å². The molecule has 0 atom stereocenters. The number of rotatable bonds is 4. The van der Waals surface area contributed by atoms with Gasteiger partial charge in [0.1, 0.15) is 5.69 Å². The summed E-state index contributed by atoms with van der Waals surface area (Å²) in [4.78, 5) is 27.8. The van der Waals surface area contributed by atoms with Crippen LogP contribution in [0, 0.1) is 6.92 Å². The van der Waals surface area contributed by atoms with Gasteiger partial charge in [0.2, 0.25) is 0 Å². The Bertz CT molecular complexity index is 879. The Morgan fingerprint density at radius 3 is 2.47 bits per heavy atom. The number of nitrogens with one attached hydrogen (secondary N) is 1. The standard InChI is InChI=1S/C24H32N4O2/c1-18-10-12-19(13-11-18)17-27-14-7-15-28-22(24(27)30)16-21(26-28)23(29)25-20-8-5-3-2-4-6-9-20/h10-13,16,20H,2-9,14-15,17H2,1H3,(H,25,29). The molecule has 2 amide bonds. The number of hydrogen-bond donors (Lipinski definition) is 1. The third kappa shape index (κ3) is 4.91. The predicted octanol–water partition coefficient (Wildman–Crippen LogP) is 4.08. The molecule has 0 bridgehead atoms. The van der Waals surface area contributed by atoms with E-state index in [9.17, 15) is 9.59 Å². The van der Waals surface area contributed by atoms with E-state index in [-0.39, 0.29) is 17.9 Å². The molecule has 4 rings (SSSR count). The third-order valence-corrected chi connectivity index (χ3v) is 6.25. The number of benzene rings is 1. The van der Waals surface area contributed by atoms with Crippen LogP contribution in [0.25, 0.3) is 0 Å². The van der Waals surface area contributed by atoms with E-state index in [1.54, 1.807) is 10.7 Å². The van der Waals surface area contributed by atoms with Crippen molar-refractivity contribution in [1.82, 2.24) is 20.0 Å². The first-order chi connectivity index (χ1) is 14.6. The highest BCUT2D eigenvalue weighted by molar-refractivity contribution is 5.98. The first-order valence-corrected chi connectivity index (χ1v) is 11.3. The van der Waals surface area contributed by atoms with Gasteiger partial charge in [-0.25, -0.2) is 0 Å². The molecule has 1 aromatic carbocycles. The second-order valence-electron chi connectivity index (χ2n) is 8.72. The van der Waals surface area contributed by atoms with Crippen LogP contribution in [0.15, 0.2) is 30.3 Å². The van der Waals surface area contributed by atoms with Crippen LogP contribution in [0.3, 0.4) is 0 Å². The van der Waals surface area contributed by atoms with E-state index in [0.29, 0.717) is 31.0 Å². The summed E-state index contributed by atoms with van der Waals surface area (Å²) in [6.07, 6.45) is 9.01. The number of nitrogens with zero attached hydrogens (tertiary/aromatic N) is 3. The van der Waals surface area contributed by atoms with Crippen molar-refractivity contribution in [1.29, 1.82) is 0 Å². The first kappa shape index (κ1) is 20.6. The Hall–Kier alpha value is -2.63. The summed E-state index contributed by atoms with van der Waals surface area (Å²) in [6.45, 7) is 3.98. The molecule has 1 aliphatic heterocycles. The summed E-state index contributed by atoms with van der Waals surface area (Å²) in [6, 6.07) is 10.2. The highest BCUT2D eigenvalue weighted by Crippen LogP contribution is 2.19. The third-order valence-electron chi connectivity index (χ3n) is 6.25. The van der Waals surface area contributed by atoms with Crippen LogP contribution in [-0.2, 0) is 13.1 Å². The van der Waals surface area contributed by atoms with Crippen LogP contribution in [0.5, 0.6) is 0 Å². The molecule has 30 heavy (non-hydrogen) atoms. The molecule has 0 radical (unpaired) electrons. The Morgan fingerprint density at radius 2 is 1.73 bits per heavy atom. The molecule has 6 nitrogen and oxygen atoms in total. The molecular weight excluding hydrogens is 376 g/mol. The molecule has 0 unspecified atom stereocenters. The summed E-state index contributed by atoms with van der Waals surface area (Å²) in [5.74, 6) is -0.204. The van der Waals surface area contributed by atoms with Gasteiger partial charge in [0, 0.05) is 31.7 Å². The van der Waals surface area contributed by atoms with E-state index in [1.807, 2.05) is 4.90 Å². The number of carbonyl (C=O) groups is 2. The summed E-state index contributed by atoms with van der Waals surface area (Å²) >= 11 is 0. The smallest absolute Gasteiger partial charge is 0.272 e. The van der Waals surface area contributed by atoms with Crippen LogP contribution >= 0.6 is 0 Å². The van der Waals surface area contributed by atoms with Crippen molar-refractivity contribution in [2.45, 2.75) is 77.4 Å². The molecule has 2 heterocycles. The molecule has 160 valence electrons. The van der Waals surface area contributed by atoms with Gasteiger partial charge in [-0.3, -0.25) is 14.3 Å². The topological polar surface area (TPSA) is 67.2 Å². The first-order valence-electron chi connectivity index (χ1n) is 11.3. The Kier molecular flexibility index (Phi) is 6.50. The number of hydrogen-bond acceptors (Lipinski definition) is 3. The van der Waals surface area contributed by atoms with Gasteiger partial charge in [-0.1, -0.05) is 61.9 Å². The molecule has 1 fully saturated rings. The van der Waals surface area contributed by atoms with Crippen LogP contribution in [0.1, 0.15) is 83.5 Å². The van der Waals surface area contributed by atoms with Crippen molar-refractivity contribution in [3.63, 3.8) is 0 Å². The molecule has 1 saturated carbocycles. The second kappa shape index (κ2) is 9.45. The molecule has 2 aliphatic rings. The van der Waals surface area contributed by atoms with Gasteiger partial charge in [0.15, 0.2) is 5.69 Å². The van der Waals surface area contributed by atoms with Crippen molar-refractivity contribution in [3.05, 3.63) is 52.8 Å². The lowest BCUT2D eigenvalue weighted by Crippen LogP contribution is -2.35. The van der Waals surface area contributed by atoms with Gasteiger partial charge in [-0.2, -0.15) is 5.10 Å². The molecule has 0 saturated heterocycles. The zero-order valence-corrected chi connectivity index (χ0v) is 17.9.